The first-order valence-electron chi connectivity index (χ1n) is 8.45. The van der Waals surface area contributed by atoms with Crippen LogP contribution in [0.3, 0.4) is 0 Å². The molecule has 0 bridgehead atoms. The third-order valence-electron chi connectivity index (χ3n) is 4.83. The Balaban J connectivity index is 1.69. The zero-order valence-corrected chi connectivity index (χ0v) is 15.2. The normalized spacial score (nSPS) is 15.4. The van der Waals surface area contributed by atoms with E-state index >= 15 is 0 Å². The number of aromatic nitrogens is 5. The van der Waals surface area contributed by atoms with E-state index in [1.807, 2.05) is 4.90 Å². The van der Waals surface area contributed by atoms with Gasteiger partial charge in [-0.2, -0.15) is 0 Å². The lowest BCUT2D eigenvalue weighted by Gasteiger charge is -2.33. The van der Waals surface area contributed by atoms with Crippen LogP contribution in [0.2, 0.25) is 5.02 Å². The molecule has 27 heavy (non-hydrogen) atoms. The number of hydrogen-bond acceptors (Lipinski definition) is 6. The number of fused-ring (bicyclic) bond motifs is 1. The van der Waals surface area contributed by atoms with E-state index in [-0.39, 0.29) is 6.04 Å². The van der Waals surface area contributed by atoms with E-state index in [0.29, 0.717) is 48.1 Å². The smallest absolute Gasteiger partial charge is 0.318 e. The van der Waals surface area contributed by atoms with Gasteiger partial charge in [0, 0.05) is 32.2 Å². The fourth-order valence-corrected chi connectivity index (χ4v) is 3.54. The Kier molecular flexibility index (Phi) is 4.39. The average molecular weight is 391 g/mol. The number of aryl methyl sites for hydroxylation is 1. The SMILES string of the molecule is Cn1c(=O)c(=O)n(C2CCN(c3ncc(Cl)cn3)CC2)c2ncc(F)cc21. The van der Waals surface area contributed by atoms with Gasteiger partial charge >= 0.3 is 11.1 Å². The summed E-state index contributed by atoms with van der Waals surface area (Å²) in [6, 6.07) is 1.01. The average Bonchev–Trinajstić information content (AvgIpc) is 2.68. The Hall–Kier alpha value is -2.81. The van der Waals surface area contributed by atoms with Crippen LogP contribution in [0.5, 0.6) is 0 Å². The van der Waals surface area contributed by atoms with Gasteiger partial charge in [0.15, 0.2) is 5.65 Å². The quantitative estimate of drug-likeness (QED) is 0.617. The van der Waals surface area contributed by atoms with Crippen molar-refractivity contribution in [2.24, 2.45) is 7.05 Å². The number of halogens is 2. The first-order valence-corrected chi connectivity index (χ1v) is 8.83. The highest BCUT2D eigenvalue weighted by molar-refractivity contribution is 6.30. The summed E-state index contributed by atoms with van der Waals surface area (Å²) >= 11 is 5.82. The van der Waals surface area contributed by atoms with Crippen LogP contribution >= 0.6 is 11.6 Å². The van der Waals surface area contributed by atoms with E-state index < -0.39 is 16.9 Å². The Labute approximate surface area is 157 Å². The Morgan fingerprint density at radius 2 is 1.74 bits per heavy atom. The first-order chi connectivity index (χ1) is 13.0. The molecule has 0 spiro atoms. The van der Waals surface area contributed by atoms with E-state index in [0.717, 1.165) is 10.8 Å². The van der Waals surface area contributed by atoms with Gasteiger partial charge in [0.1, 0.15) is 5.82 Å². The second-order valence-corrected chi connectivity index (χ2v) is 6.89. The third-order valence-corrected chi connectivity index (χ3v) is 5.02. The predicted molar refractivity (Wildman–Crippen MR) is 98.7 cm³/mol. The Morgan fingerprint density at radius 3 is 2.41 bits per heavy atom. The van der Waals surface area contributed by atoms with Gasteiger partial charge < -0.3 is 9.47 Å². The van der Waals surface area contributed by atoms with Gasteiger partial charge in [-0.05, 0) is 12.8 Å². The maximum atomic E-state index is 13.6. The zero-order chi connectivity index (χ0) is 19.1. The number of anilines is 1. The van der Waals surface area contributed by atoms with Crippen molar-refractivity contribution in [1.82, 2.24) is 24.1 Å². The highest BCUT2D eigenvalue weighted by atomic mass is 35.5. The summed E-state index contributed by atoms with van der Waals surface area (Å²) in [5.74, 6) is 0.0108. The fourth-order valence-electron chi connectivity index (χ4n) is 3.44. The molecular formula is C17H16ClFN6O2. The van der Waals surface area contributed by atoms with Crippen molar-refractivity contribution in [2.45, 2.75) is 18.9 Å². The second-order valence-electron chi connectivity index (χ2n) is 6.46. The maximum Gasteiger partial charge on any atom is 0.318 e. The largest absolute Gasteiger partial charge is 0.341 e. The fraction of sp³-hybridized carbons (Fsp3) is 0.353. The third kappa shape index (κ3) is 3.08. The molecular weight excluding hydrogens is 375 g/mol. The van der Waals surface area contributed by atoms with Crippen LogP contribution in [0.25, 0.3) is 11.2 Å². The van der Waals surface area contributed by atoms with Crippen molar-refractivity contribution in [1.29, 1.82) is 0 Å². The van der Waals surface area contributed by atoms with Gasteiger partial charge in [0.2, 0.25) is 5.95 Å². The molecule has 4 heterocycles. The van der Waals surface area contributed by atoms with Crippen molar-refractivity contribution in [3.05, 3.63) is 56.2 Å². The lowest BCUT2D eigenvalue weighted by Crippen LogP contribution is -2.45. The highest BCUT2D eigenvalue weighted by Crippen LogP contribution is 2.25. The van der Waals surface area contributed by atoms with E-state index in [4.69, 9.17) is 11.6 Å². The van der Waals surface area contributed by atoms with Gasteiger partial charge in [-0.25, -0.2) is 19.3 Å². The molecule has 1 saturated heterocycles. The number of hydrogen-bond donors (Lipinski definition) is 0. The summed E-state index contributed by atoms with van der Waals surface area (Å²) in [6.07, 6.45) is 5.33. The van der Waals surface area contributed by atoms with Gasteiger partial charge in [-0.1, -0.05) is 11.6 Å². The van der Waals surface area contributed by atoms with Crippen LogP contribution < -0.4 is 16.0 Å². The van der Waals surface area contributed by atoms with Crippen molar-refractivity contribution >= 4 is 28.7 Å². The van der Waals surface area contributed by atoms with Gasteiger partial charge in [-0.15, -0.1) is 0 Å². The van der Waals surface area contributed by atoms with Crippen LogP contribution in [-0.2, 0) is 7.05 Å². The summed E-state index contributed by atoms with van der Waals surface area (Å²) in [6.45, 7) is 1.22. The van der Waals surface area contributed by atoms with Crippen LogP contribution in [0.15, 0.2) is 34.2 Å². The molecule has 1 aliphatic rings. The van der Waals surface area contributed by atoms with Crippen LogP contribution in [0.1, 0.15) is 18.9 Å². The topological polar surface area (TPSA) is 85.9 Å². The molecule has 4 rings (SSSR count). The molecule has 0 aromatic carbocycles. The van der Waals surface area contributed by atoms with E-state index in [9.17, 15) is 14.0 Å². The van der Waals surface area contributed by atoms with Crippen LogP contribution in [0.4, 0.5) is 10.3 Å². The molecule has 0 N–H and O–H groups in total. The molecule has 0 saturated carbocycles. The molecule has 10 heteroatoms. The molecule has 3 aromatic heterocycles. The van der Waals surface area contributed by atoms with Crippen LogP contribution in [-0.4, -0.2) is 37.2 Å². The highest BCUT2D eigenvalue weighted by Gasteiger charge is 2.26. The second kappa shape index (κ2) is 6.73. The molecule has 8 nitrogen and oxygen atoms in total. The predicted octanol–water partition coefficient (Wildman–Crippen LogP) is 1.52. The summed E-state index contributed by atoms with van der Waals surface area (Å²) in [5, 5.41) is 0.463. The molecule has 0 unspecified atom stereocenters. The van der Waals surface area contributed by atoms with Crippen molar-refractivity contribution in [2.75, 3.05) is 18.0 Å². The number of piperidine rings is 1. The molecule has 0 atom stereocenters. The maximum absolute atomic E-state index is 13.6. The summed E-state index contributed by atoms with van der Waals surface area (Å²) < 4.78 is 16.1. The molecule has 0 amide bonds. The van der Waals surface area contributed by atoms with E-state index in [2.05, 4.69) is 15.0 Å². The first kappa shape index (κ1) is 17.6. The van der Waals surface area contributed by atoms with Gasteiger partial charge in [0.25, 0.3) is 0 Å². The summed E-state index contributed by atoms with van der Waals surface area (Å²) in [4.78, 5) is 39.4. The van der Waals surface area contributed by atoms with E-state index in [1.165, 1.54) is 30.1 Å². The number of pyridine rings is 1. The minimum Gasteiger partial charge on any atom is -0.341 e. The number of rotatable bonds is 2. The molecule has 1 aliphatic heterocycles. The van der Waals surface area contributed by atoms with Gasteiger partial charge in [0.05, 0.1) is 29.1 Å². The molecule has 140 valence electrons. The summed E-state index contributed by atoms with van der Waals surface area (Å²) in [5.41, 5.74) is -0.739. The van der Waals surface area contributed by atoms with Gasteiger partial charge in [-0.3, -0.25) is 14.2 Å². The Bertz CT molecular complexity index is 1120. The lowest BCUT2D eigenvalue weighted by molar-refractivity contribution is 0.389. The van der Waals surface area contributed by atoms with E-state index in [1.54, 1.807) is 0 Å². The van der Waals surface area contributed by atoms with Crippen molar-refractivity contribution < 1.29 is 4.39 Å². The van der Waals surface area contributed by atoms with Crippen molar-refractivity contribution in [3.63, 3.8) is 0 Å². The molecule has 0 aliphatic carbocycles. The molecule has 3 aromatic rings. The van der Waals surface area contributed by atoms with Crippen molar-refractivity contribution in [3.8, 4) is 0 Å². The number of nitrogens with zero attached hydrogens (tertiary/aromatic N) is 6. The minimum atomic E-state index is -0.696. The standard InChI is InChI=1S/C17H16ClFN6O2/c1-23-13-6-11(19)9-20-14(13)25(16(27)15(23)26)12-2-4-24(5-3-12)17-21-7-10(18)8-22-17/h6-9,12H,2-5H2,1H3. The Morgan fingerprint density at radius 1 is 1.07 bits per heavy atom. The lowest BCUT2D eigenvalue weighted by atomic mass is 10.0. The summed E-state index contributed by atoms with van der Waals surface area (Å²) in [7, 11) is 1.44. The monoisotopic (exact) mass is 390 g/mol. The minimum absolute atomic E-state index is 0.213. The molecule has 0 radical (unpaired) electrons. The van der Waals surface area contributed by atoms with Crippen LogP contribution in [0, 0.1) is 5.82 Å². The zero-order valence-electron chi connectivity index (χ0n) is 14.5. The molecule has 1 fully saturated rings.